The van der Waals surface area contributed by atoms with Crippen LogP contribution in [-0.4, -0.2) is 52.0 Å². The number of thioether (sulfide) groups is 1. The van der Waals surface area contributed by atoms with Crippen molar-refractivity contribution in [1.29, 1.82) is 0 Å². The van der Waals surface area contributed by atoms with Gasteiger partial charge in [0, 0.05) is 17.0 Å². The number of sulfonamides is 1. The molecule has 8 heteroatoms. The highest BCUT2D eigenvalue weighted by Gasteiger charge is 2.48. The number of rotatable bonds is 5. The Morgan fingerprint density at radius 3 is 2.46 bits per heavy atom. The number of aliphatic hydroxyl groups is 1. The Morgan fingerprint density at radius 1 is 1.18 bits per heavy atom. The van der Waals surface area contributed by atoms with E-state index in [0.717, 1.165) is 21.0 Å². The van der Waals surface area contributed by atoms with Crippen molar-refractivity contribution in [2.75, 3.05) is 12.3 Å². The number of hydrogen-bond donors (Lipinski definition) is 2. The summed E-state index contributed by atoms with van der Waals surface area (Å²) in [6.07, 6.45) is 0. The average Bonchev–Trinajstić information content (AvgIpc) is 2.67. The molecule has 6 nitrogen and oxygen atoms in total. The molecule has 1 atom stereocenters. The second-order valence-electron chi connectivity index (χ2n) is 7.19. The van der Waals surface area contributed by atoms with E-state index in [1.54, 1.807) is 26.0 Å². The first-order valence-corrected chi connectivity index (χ1v) is 11.3. The van der Waals surface area contributed by atoms with Crippen LogP contribution in [0.3, 0.4) is 0 Å². The van der Waals surface area contributed by atoms with E-state index in [0.29, 0.717) is 5.75 Å². The Balaban J connectivity index is 1.94. The van der Waals surface area contributed by atoms with Crippen LogP contribution in [0.15, 0.2) is 53.4 Å². The number of hydrogen-bond acceptors (Lipinski definition) is 5. The second-order valence-corrected chi connectivity index (χ2v) is 10.8. The fourth-order valence-corrected chi connectivity index (χ4v) is 6.53. The molecule has 0 spiro atoms. The fraction of sp³-hybridized carbons (Fsp3) is 0.350. The van der Waals surface area contributed by atoms with Crippen LogP contribution in [-0.2, 0) is 21.4 Å². The summed E-state index contributed by atoms with van der Waals surface area (Å²) in [5.74, 6) is -0.597. The molecular weight excluding hydrogens is 398 g/mol. The topological polar surface area (TPSA) is 94.9 Å². The summed E-state index contributed by atoms with van der Waals surface area (Å²) >= 11 is 1.47. The number of carboxylic acids is 1. The molecule has 0 saturated carbocycles. The van der Waals surface area contributed by atoms with Gasteiger partial charge < -0.3 is 10.2 Å². The molecule has 0 bridgehead atoms. The third-order valence-electron chi connectivity index (χ3n) is 4.87. The highest BCUT2D eigenvalue weighted by molar-refractivity contribution is 8.00. The van der Waals surface area contributed by atoms with Crippen molar-refractivity contribution in [3.8, 4) is 11.1 Å². The van der Waals surface area contributed by atoms with Crippen molar-refractivity contribution in [2.24, 2.45) is 0 Å². The Hall–Kier alpha value is -1.87. The van der Waals surface area contributed by atoms with E-state index in [4.69, 9.17) is 0 Å². The molecule has 1 heterocycles. The number of nitrogens with zero attached hydrogens (tertiary/aromatic N) is 1. The lowest BCUT2D eigenvalue weighted by Gasteiger charge is -2.42. The first-order chi connectivity index (χ1) is 13.2. The highest BCUT2D eigenvalue weighted by Crippen LogP contribution is 2.38. The molecular formula is C20H23NO5S2. The van der Waals surface area contributed by atoms with E-state index in [-0.39, 0.29) is 18.0 Å². The molecule has 0 aromatic heterocycles. The van der Waals surface area contributed by atoms with Gasteiger partial charge in [-0.3, -0.25) is 4.79 Å². The van der Waals surface area contributed by atoms with Gasteiger partial charge in [-0.2, -0.15) is 16.1 Å². The molecule has 2 N–H and O–H groups in total. The maximum atomic E-state index is 13.2. The first kappa shape index (κ1) is 20.9. The number of carbonyl (C=O) groups is 1. The van der Waals surface area contributed by atoms with Gasteiger partial charge in [0.2, 0.25) is 10.0 Å². The Bertz CT molecular complexity index is 970. The van der Waals surface area contributed by atoms with Crippen LogP contribution in [0.1, 0.15) is 19.4 Å². The minimum absolute atomic E-state index is 0.0698. The Morgan fingerprint density at radius 2 is 1.86 bits per heavy atom. The summed E-state index contributed by atoms with van der Waals surface area (Å²) < 4.78 is 26.7. The lowest BCUT2D eigenvalue weighted by Crippen LogP contribution is -2.58. The molecule has 28 heavy (non-hydrogen) atoms. The molecule has 1 aliphatic heterocycles. The maximum absolute atomic E-state index is 13.2. The normalized spacial score (nSPS) is 20.0. The van der Waals surface area contributed by atoms with E-state index in [9.17, 15) is 23.4 Å². The fourth-order valence-electron chi connectivity index (χ4n) is 3.44. The van der Waals surface area contributed by atoms with Crippen molar-refractivity contribution in [1.82, 2.24) is 4.31 Å². The van der Waals surface area contributed by atoms with E-state index in [1.807, 2.05) is 24.3 Å². The summed E-state index contributed by atoms with van der Waals surface area (Å²) in [5, 5.41) is 18.9. The summed E-state index contributed by atoms with van der Waals surface area (Å²) in [4.78, 5) is 11.9. The van der Waals surface area contributed by atoms with E-state index in [2.05, 4.69) is 0 Å². The predicted molar refractivity (Wildman–Crippen MR) is 110 cm³/mol. The van der Waals surface area contributed by atoms with Crippen LogP contribution < -0.4 is 0 Å². The standard InChI is InChI=1S/C20H23NO5S2/c1-20(2)18(19(23)24)21(10-11-27-20)28(25,26)17-8-6-15(7-9-17)16-5-3-4-14(12-16)13-22/h3-9,12,18,22H,10-11,13H2,1-2H3,(H,23,24). The summed E-state index contributed by atoms with van der Waals surface area (Å²) in [5.41, 5.74) is 2.46. The molecule has 3 rings (SSSR count). The third kappa shape index (κ3) is 3.96. The molecule has 1 aliphatic rings. The molecule has 2 aromatic rings. The molecule has 0 aliphatic carbocycles. The van der Waals surface area contributed by atoms with Crippen LogP contribution in [0, 0.1) is 0 Å². The zero-order valence-electron chi connectivity index (χ0n) is 15.7. The van der Waals surface area contributed by atoms with Gasteiger partial charge in [0.05, 0.1) is 11.5 Å². The summed E-state index contributed by atoms with van der Waals surface area (Å²) in [7, 11) is -3.94. The van der Waals surface area contributed by atoms with Gasteiger partial charge in [0.25, 0.3) is 0 Å². The summed E-state index contributed by atoms with van der Waals surface area (Å²) in [6.45, 7) is 3.61. The van der Waals surface area contributed by atoms with Gasteiger partial charge in [0.15, 0.2) is 0 Å². The minimum Gasteiger partial charge on any atom is -0.480 e. The number of aliphatic hydroxyl groups excluding tert-OH is 1. The number of aliphatic carboxylic acids is 1. The second kappa shape index (κ2) is 7.87. The smallest absolute Gasteiger partial charge is 0.323 e. The molecule has 0 amide bonds. The predicted octanol–water partition coefficient (Wildman–Crippen LogP) is 2.82. The molecule has 1 saturated heterocycles. The van der Waals surface area contributed by atoms with Gasteiger partial charge in [-0.1, -0.05) is 30.3 Å². The quantitative estimate of drug-likeness (QED) is 0.771. The van der Waals surface area contributed by atoms with Crippen molar-refractivity contribution in [3.63, 3.8) is 0 Å². The minimum atomic E-state index is -3.94. The monoisotopic (exact) mass is 421 g/mol. The van der Waals surface area contributed by atoms with Gasteiger partial charge in [-0.15, -0.1) is 0 Å². The first-order valence-electron chi connectivity index (χ1n) is 8.85. The van der Waals surface area contributed by atoms with Crippen molar-refractivity contribution in [3.05, 3.63) is 54.1 Å². The SMILES string of the molecule is CC1(C)SCCN(S(=O)(=O)c2ccc(-c3cccc(CO)c3)cc2)C1C(=O)O. The van der Waals surface area contributed by atoms with Crippen molar-refractivity contribution < 1.29 is 23.4 Å². The molecule has 1 unspecified atom stereocenters. The van der Waals surface area contributed by atoms with E-state index < -0.39 is 26.8 Å². The molecule has 150 valence electrons. The molecule has 0 radical (unpaired) electrons. The zero-order chi connectivity index (χ0) is 20.5. The van der Waals surface area contributed by atoms with Crippen LogP contribution in [0.2, 0.25) is 0 Å². The van der Waals surface area contributed by atoms with Gasteiger partial charge in [0.1, 0.15) is 6.04 Å². The highest BCUT2D eigenvalue weighted by atomic mass is 32.2. The van der Waals surface area contributed by atoms with Gasteiger partial charge in [-0.05, 0) is 48.7 Å². The summed E-state index contributed by atoms with van der Waals surface area (Å²) in [6, 6.07) is 12.6. The van der Waals surface area contributed by atoms with Crippen molar-refractivity contribution in [2.45, 2.75) is 36.1 Å². The number of benzene rings is 2. The van der Waals surface area contributed by atoms with Crippen LogP contribution in [0.5, 0.6) is 0 Å². The Kier molecular flexibility index (Phi) is 5.86. The van der Waals surface area contributed by atoms with Gasteiger partial charge in [-0.25, -0.2) is 8.42 Å². The van der Waals surface area contributed by atoms with Crippen molar-refractivity contribution >= 4 is 27.8 Å². The van der Waals surface area contributed by atoms with E-state index in [1.165, 1.54) is 23.9 Å². The largest absolute Gasteiger partial charge is 0.480 e. The molecule has 1 fully saturated rings. The molecule has 2 aromatic carbocycles. The van der Waals surface area contributed by atoms with E-state index >= 15 is 0 Å². The average molecular weight is 422 g/mol. The number of carboxylic acid groups (broad SMARTS) is 1. The lowest BCUT2D eigenvalue weighted by atomic mass is 10.0. The third-order valence-corrected chi connectivity index (χ3v) is 8.10. The Labute approximate surface area is 169 Å². The zero-order valence-corrected chi connectivity index (χ0v) is 17.3. The lowest BCUT2D eigenvalue weighted by molar-refractivity contribution is -0.142. The van der Waals surface area contributed by atoms with Crippen LogP contribution in [0.25, 0.3) is 11.1 Å². The van der Waals surface area contributed by atoms with Gasteiger partial charge >= 0.3 is 5.97 Å². The maximum Gasteiger partial charge on any atom is 0.323 e. The van der Waals surface area contributed by atoms with Crippen LogP contribution >= 0.6 is 11.8 Å². The van der Waals surface area contributed by atoms with Crippen LogP contribution in [0.4, 0.5) is 0 Å².